The normalized spacial score (nSPS) is 18.0. The van der Waals surface area contributed by atoms with Gasteiger partial charge in [-0.05, 0) is 36.6 Å². The fourth-order valence-corrected chi connectivity index (χ4v) is 3.89. The summed E-state index contributed by atoms with van der Waals surface area (Å²) in [6.07, 6.45) is 2.17. The van der Waals surface area contributed by atoms with Gasteiger partial charge in [0, 0.05) is 23.8 Å². The molecule has 2 aliphatic heterocycles. The van der Waals surface area contributed by atoms with Crippen LogP contribution in [0.25, 0.3) is 0 Å². The molecule has 0 saturated carbocycles. The minimum Gasteiger partial charge on any atom is -0.445 e. The number of ether oxygens (including phenoxy) is 1. The van der Waals surface area contributed by atoms with Crippen molar-refractivity contribution in [2.75, 3.05) is 18.0 Å². The Kier molecular flexibility index (Phi) is 5.05. The summed E-state index contributed by atoms with van der Waals surface area (Å²) in [4.78, 5) is 32.6. The van der Waals surface area contributed by atoms with Crippen LogP contribution in [-0.2, 0) is 16.1 Å². The van der Waals surface area contributed by atoms with Crippen LogP contribution in [0.1, 0.15) is 18.4 Å². The van der Waals surface area contributed by atoms with E-state index in [0.717, 1.165) is 11.3 Å². The maximum atomic E-state index is 12.6. The van der Waals surface area contributed by atoms with Gasteiger partial charge >= 0.3 is 6.09 Å². The number of aliphatic imine (C=N–C) groups is 1. The molecule has 2 aliphatic rings. The van der Waals surface area contributed by atoms with Gasteiger partial charge in [0.25, 0.3) is 5.91 Å². The summed E-state index contributed by atoms with van der Waals surface area (Å²) in [5.41, 5.74) is 0.999. The predicted molar refractivity (Wildman–Crippen MR) is 108 cm³/mol. The number of nitrogens with zero attached hydrogens (tertiary/aromatic N) is 3. The number of amides is 2. The van der Waals surface area contributed by atoms with Crippen LogP contribution in [0.3, 0.4) is 0 Å². The standard InChI is InChI=1S/C21H20ClN3O3/c22-17-7-4-8-18(13-17)25-15-23-19(26)21(25)9-11-24(12-10-21)20(27)28-14-16-5-2-1-3-6-16/h1-8,13,15H,9-12,14H2. The predicted octanol–water partition coefficient (Wildman–Crippen LogP) is 3.89. The van der Waals surface area contributed by atoms with E-state index in [2.05, 4.69) is 4.99 Å². The highest BCUT2D eigenvalue weighted by Crippen LogP contribution is 2.37. The summed E-state index contributed by atoms with van der Waals surface area (Å²) in [6, 6.07) is 16.9. The van der Waals surface area contributed by atoms with Crippen molar-refractivity contribution in [1.82, 2.24) is 4.90 Å². The van der Waals surface area contributed by atoms with Crippen molar-refractivity contribution < 1.29 is 14.3 Å². The zero-order valence-electron chi connectivity index (χ0n) is 15.3. The molecule has 0 radical (unpaired) electrons. The number of carbonyl (C=O) groups is 2. The molecular weight excluding hydrogens is 378 g/mol. The van der Waals surface area contributed by atoms with Gasteiger partial charge in [0.05, 0.1) is 6.34 Å². The van der Waals surface area contributed by atoms with Crippen LogP contribution in [0.5, 0.6) is 0 Å². The number of carbonyl (C=O) groups excluding carboxylic acids is 2. The van der Waals surface area contributed by atoms with Gasteiger partial charge in [-0.2, -0.15) is 0 Å². The molecule has 1 spiro atoms. The molecule has 2 aromatic carbocycles. The Balaban J connectivity index is 1.42. The number of likely N-dealkylation sites (tertiary alicyclic amines) is 1. The van der Waals surface area contributed by atoms with E-state index in [1.165, 1.54) is 0 Å². The van der Waals surface area contributed by atoms with E-state index in [1.54, 1.807) is 17.3 Å². The lowest BCUT2D eigenvalue weighted by atomic mass is 9.85. The fourth-order valence-electron chi connectivity index (χ4n) is 3.71. The second-order valence-electron chi connectivity index (χ2n) is 6.96. The third-order valence-corrected chi connectivity index (χ3v) is 5.53. The zero-order valence-corrected chi connectivity index (χ0v) is 16.0. The molecule has 2 aromatic rings. The van der Waals surface area contributed by atoms with Crippen LogP contribution in [0.4, 0.5) is 10.5 Å². The first-order valence-corrected chi connectivity index (χ1v) is 9.55. The fraction of sp³-hybridized carbons (Fsp3) is 0.286. The maximum Gasteiger partial charge on any atom is 0.410 e. The molecule has 0 atom stereocenters. The number of anilines is 1. The van der Waals surface area contributed by atoms with Crippen LogP contribution >= 0.6 is 11.6 Å². The highest BCUT2D eigenvalue weighted by Gasteiger charge is 2.49. The minimum absolute atomic E-state index is 0.176. The van der Waals surface area contributed by atoms with Gasteiger partial charge in [0.2, 0.25) is 0 Å². The van der Waals surface area contributed by atoms with E-state index >= 15 is 0 Å². The molecule has 7 heteroatoms. The number of rotatable bonds is 3. The van der Waals surface area contributed by atoms with E-state index in [-0.39, 0.29) is 18.6 Å². The van der Waals surface area contributed by atoms with E-state index in [0.29, 0.717) is 31.0 Å². The Morgan fingerprint density at radius 2 is 1.86 bits per heavy atom. The smallest absolute Gasteiger partial charge is 0.410 e. The van der Waals surface area contributed by atoms with Gasteiger partial charge in [-0.3, -0.25) is 4.79 Å². The molecule has 0 aliphatic carbocycles. The number of hydrogen-bond acceptors (Lipinski definition) is 4. The molecule has 6 nitrogen and oxygen atoms in total. The lowest BCUT2D eigenvalue weighted by Crippen LogP contribution is -2.57. The third kappa shape index (κ3) is 3.47. The van der Waals surface area contributed by atoms with E-state index < -0.39 is 5.54 Å². The zero-order chi connectivity index (χ0) is 19.6. The summed E-state index contributed by atoms with van der Waals surface area (Å²) in [5.74, 6) is -0.176. The van der Waals surface area contributed by atoms with Crippen LogP contribution < -0.4 is 4.90 Å². The summed E-state index contributed by atoms with van der Waals surface area (Å²) >= 11 is 6.11. The van der Waals surface area contributed by atoms with E-state index in [4.69, 9.17) is 16.3 Å². The largest absolute Gasteiger partial charge is 0.445 e. The molecule has 0 N–H and O–H groups in total. The lowest BCUT2D eigenvalue weighted by molar-refractivity contribution is -0.123. The molecule has 0 unspecified atom stereocenters. The molecule has 28 heavy (non-hydrogen) atoms. The van der Waals surface area contributed by atoms with Crippen molar-refractivity contribution in [3.8, 4) is 0 Å². The highest BCUT2D eigenvalue weighted by molar-refractivity contribution is 6.31. The summed E-state index contributed by atoms with van der Waals surface area (Å²) in [6.45, 7) is 1.09. The van der Waals surface area contributed by atoms with E-state index in [9.17, 15) is 9.59 Å². The van der Waals surface area contributed by atoms with Crippen LogP contribution in [0.15, 0.2) is 59.6 Å². The first kappa shape index (κ1) is 18.5. The topological polar surface area (TPSA) is 62.2 Å². The van der Waals surface area contributed by atoms with Crippen molar-refractivity contribution in [3.63, 3.8) is 0 Å². The van der Waals surface area contributed by atoms with Gasteiger partial charge in [0.1, 0.15) is 12.1 Å². The Hall–Kier alpha value is -2.86. The lowest BCUT2D eigenvalue weighted by Gasteiger charge is -2.42. The molecule has 1 saturated heterocycles. The Bertz CT molecular complexity index is 908. The van der Waals surface area contributed by atoms with Crippen molar-refractivity contribution in [2.45, 2.75) is 25.0 Å². The average molecular weight is 398 g/mol. The SMILES string of the molecule is O=C(OCc1ccccc1)N1CCC2(CC1)C(=O)N=CN2c1cccc(Cl)c1. The van der Waals surface area contributed by atoms with Gasteiger partial charge in [0.15, 0.2) is 0 Å². The Morgan fingerprint density at radius 1 is 1.11 bits per heavy atom. The Morgan fingerprint density at radius 3 is 2.57 bits per heavy atom. The van der Waals surface area contributed by atoms with Gasteiger partial charge in [-0.15, -0.1) is 0 Å². The summed E-state index contributed by atoms with van der Waals surface area (Å²) in [5, 5.41) is 0.599. The van der Waals surface area contributed by atoms with Crippen LogP contribution in [-0.4, -0.2) is 41.9 Å². The van der Waals surface area contributed by atoms with Gasteiger partial charge in [-0.1, -0.05) is 48.0 Å². The number of hydrogen-bond donors (Lipinski definition) is 0. The molecule has 144 valence electrons. The first-order valence-electron chi connectivity index (χ1n) is 9.18. The highest BCUT2D eigenvalue weighted by atomic mass is 35.5. The van der Waals surface area contributed by atoms with Crippen molar-refractivity contribution >= 4 is 35.6 Å². The molecule has 0 bridgehead atoms. The quantitative estimate of drug-likeness (QED) is 0.788. The van der Waals surface area contributed by atoms with Crippen molar-refractivity contribution in [1.29, 1.82) is 0 Å². The first-order chi connectivity index (χ1) is 13.6. The molecule has 2 heterocycles. The number of piperidine rings is 1. The minimum atomic E-state index is -0.763. The van der Waals surface area contributed by atoms with Crippen molar-refractivity contribution in [3.05, 3.63) is 65.2 Å². The van der Waals surface area contributed by atoms with Gasteiger partial charge in [-0.25, -0.2) is 9.79 Å². The van der Waals surface area contributed by atoms with Crippen LogP contribution in [0.2, 0.25) is 5.02 Å². The molecule has 1 fully saturated rings. The molecule has 4 rings (SSSR count). The third-order valence-electron chi connectivity index (χ3n) is 5.29. The maximum absolute atomic E-state index is 12.6. The van der Waals surface area contributed by atoms with E-state index in [1.807, 2.05) is 53.4 Å². The molecule has 2 amide bonds. The second kappa shape index (κ2) is 7.64. The average Bonchev–Trinajstić information content (AvgIpc) is 3.03. The molecule has 0 aromatic heterocycles. The number of benzene rings is 2. The number of halogens is 1. The Labute approximate surface area is 168 Å². The summed E-state index contributed by atoms with van der Waals surface area (Å²) in [7, 11) is 0. The van der Waals surface area contributed by atoms with Gasteiger partial charge < -0.3 is 14.5 Å². The molecular formula is C21H20ClN3O3. The van der Waals surface area contributed by atoms with Crippen molar-refractivity contribution in [2.24, 2.45) is 4.99 Å². The second-order valence-corrected chi connectivity index (χ2v) is 7.39. The summed E-state index contributed by atoms with van der Waals surface area (Å²) < 4.78 is 5.41. The monoisotopic (exact) mass is 397 g/mol. The van der Waals surface area contributed by atoms with Crippen LogP contribution in [0, 0.1) is 0 Å².